The maximum Gasteiger partial charge on any atom is 0.260 e. The van der Waals surface area contributed by atoms with Crippen LogP contribution in [0, 0.1) is 0 Å². The standard InChI is InChI=1S/C23H24N4O4S2/c1-3-33(29,30)18-10-8-17(9-11-18)22(28)27(14-5-13-26-15-12-24-16-26)23-25-21-19(31-2)6-4-7-20(21)32-23/h4,6-12,15-16H,3,5,13-14H2,1-2H3. The van der Waals surface area contributed by atoms with Crippen LogP contribution in [-0.4, -0.2) is 48.3 Å². The van der Waals surface area contributed by atoms with Gasteiger partial charge in [-0.15, -0.1) is 0 Å². The molecule has 0 aliphatic heterocycles. The van der Waals surface area contributed by atoms with E-state index in [-0.39, 0.29) is 16.6 Å². The minimum absolute atomic E-state index is 0.00814. The molecular weight excluding hydrogens is 460 g/mol. The summed E-state index contributed by atoms with van der Waals surface area (Å²) in [6.45, 7) is 2.73. The van der Waals surface area contributed by atoms with Gasteiger partial charge in [0.2, 0.25) is 0 Å². The van der Waals surface area contributed by atoms with Gasteiger partial charge in [0.1, 0.15) is 11.3 Å². The minimum Gasteiger partial charge on any atom is -0.494 e. The van der Waals surface area contributed by atoms with E-state index < -0.39 is 9.84 Å². The van der Waals surface area contributed by atoms with Crippen molar-refractivity contribution in [2.75, 3.05) is 24.3 Å². The highest BCUT2D eigenvalue weighted by Gasteiger charge is 2.23. The Morgan fingerprint density at radius 3 is 2.64 bits per heavy atom. The lowest BCUT2D eigenvalue weighted by atomic mass is 10.2. The fraction of sp³-hybridized carbons (Fsp3) is 0.261. The van der Waals surface area contributed by atoms with Crippen molar-refractivity contribution < 1.29 is 17.9 Å². The number of amides is 1. The first-order valence-electron chi connectivity index (χ1n) is 10.5. The summed E-state index contributed by atoms with van der Waals surface area (Å²) in [7, 11) is -1.74. The van der Waals surface area contributed by atoms with Crippen LogP contribution in [0.4, 0.5) is 5.13 Å². The first kappa shape index (κ1) is 22.9. The number of nitrogens with zero attached hydrogens (tertiary/aromatic N) is 4. The van der Waals surface area contributed by atoms with Crippen LogP contribution in [0.15, 0.2) is 66.1 Å². The second-order valence-electron chi connectivity index (χ2n) is 7.34. The van der Waals surface area contributed by atoms with Gasteiger partial charge < -0.3 is 9.30 Å². The van der Waals surface area contributed by atoms with Gasteiger partial charge in [-0.2, -0.15) is 0 Å². The third kappa shape index (κ3) is 4.91. The fourth-order valence-electron chi connectivity index (χ4n) is 3.43. The zero-order valence-electron chi connectivity index (χ0n) is 18.3. The number of carbonyl (C=O) groups is 1. The van der Waals surface area contributed by atoms with Crippen molar-refractivity contribution in [3.8, 4) is 5.75 Å². The van der Waals surface area contributed by atoms with Crippen molar-refractivity contribution in [2.45, 2.75) is 24.8 Å². The fourth-order valence-corrected chi connectivity index (χ4v) is 5.33. The van der Waals surface area contributed by atoms with Crippen LogP contribution in [0.5, 0.6) is 5.75 Å². The maximum atomic E-state index is 13.5. The van der Waals surface area contributed by atoms with Crippen LogP contribution in [0.2, 0.25) is 0 Å². The quantitative estimate of drug-likeness (QED) is 0.356. The van der Waals surface area contributed by atoms with E-state index in [4.69, 9.17) is 9.72 Å². The SMILES string of the molecule is CCS(=O)(=O)c1ccc(C(=O)N(CCCn2ccnc2)c2nc3c(OC)cccc3s2)cc1. The van der Waals surface area contributed by atoms with E-state index in [1.165, 1.54) is 23.5 Å². The van der Waals surface area contributed by atoms with Crippen molar-refractivity contribution in [1.82, 2.24) is 14.5 Å². The van der Waals surface area contributed by atoms with Crippen molar-refractivity contribution in [1.29, 1.82) is 0 Å². The Morgan fingerprint density at radius 1 is 1.18 bits per heavy atom. The average molecular weight is 485 g/mol. The molecule has 4 aromatic rings. The average Bonchev–Trinajstić information content (AvgIpc) is 3.51. The molecule has 0 unspecified atom stereocenters. The molecule has 0 fully saturated rings. The van der Waals surface area contributed by atoms with Gasteiger partial charge in [0.15, 0.2) is 15.0 Å². The zero-order valence-corrected chi connectivity index (χ0v) is 20.0. The van der Waals surface area contributed by atoms with Gasteiger partial charge in [0.05, 0.1) is 28.8 Å². The summed E-state index contributed by atoms with van der Waals surface area (Å²) >= 11 is 1.42. The summed E-state index contributed by atoms with van der Waals surface area (Å²) in [6.07, 6.45) is 6.02. The smallest absolute Gasteiger partial charge is 0.260 e. The molecule has 0 aliphatic rings. The highest BCUT2D eigenvalue weighted by atomic mass is 32.2. The van der Waals surface area contributed by atoms with Crippen LogP contribution in [0.25, 0.3) is 10.2 Å². The van der Waals surface area contributed by atoms with Crippen molar-refractivity contribution in [2.24, 2.45) is 0 Å². The molecule has 0 N–H and O–H groups in total. The first-order valence-corrected chi connectivity index (χ1v) is 12.9. The Morgan fingerprint density at radius 2 is 1.97 bits per heavy atom. The number of fused-ring (bicyclic) bond motifs is 1. The monoisotopic (exact) mass is 484 g/mol. The van der Waals surface area contributed by atoms with E-state index in [9.17, 15) is 13.2 Å². The molecular formula is C23H24N4O4S2. The van der Waals surface area contributed by atoms with Gasteiger partial charge in [-0.25, -0.2) is 18.4 Å². The molecule has 10 heteroatoms. The Labute approximate surface area is 196 Å². The molecule has 2 aromatic heterocycles. The second-order valence-corrected chi connectivity index (χ2v) is 10.6. The topological polar surface area (TPSA) is 94.4 Å². The molecule has 0 saturated carbocycles. The van der Waals surface area contributed by atoms with Crippen LogP contribution in [-0.2, 0) is 16.4 Å². The second kappa shape index (κ2) is 9.72. The largest absolute Gasteiger partial charge is 0.494 e. The molecule has 1 amide bonds. The number of hydrogen-bond acceptors (Lipinski definition) is 7. The molecule has 2 heterocycles. The summed E-state index contributed by atoms with van der Waals surface area (Å²) < 4.78 is 32.6. The van der Waals surface area contributed by atoms with Crippen molar-refractivity contribution >= 4 is 42.4 Å². The van der Waals surface area contributed by atoms with Gasteiger partial charge in [0, 0.05) is 31.0 Å². The Kier molecular flexibility index (Phi) is 6.75. The zero-order chi connectivity index (χ0) is 23.4. The molecule has 0 saturated heterocycles. The molecule has 0 atom stereocenters. The number of ether oxygens (including phenoxy) is 1. The lowest BCUT2D eigenvalue weighted by Gasteiger charge is -2.20. The van der Waals surface area contributed by atoms with Crippen LogP contribution in [0.1, 0.15) is 23.7 Å². The van der Waals surface area contributed by atoms with Gasteiger partial charge in [0.25, 0.3) is 5.91 Å². The summed E-state index contributed by atoms with van der Waals surface area (Å²) in [5.74, 6) is 0.419. The first-order chi connectivity index (χ1) is 15.9. The molecule has 0 bridgehead atoms. The molecule has 4 rings (SSSR count). The number of aryl methyl sites for hydroxylation is 1. The molecule has 0 radical (unpaired) electrons. The van der Waals surface area contributed by atoms with Crippen LogP contribution >= 0.6 is 11.3 Å². The predicted molar refractivity (Wildman–Crippen MR) is 129 cm³/mol. The van der Waals surface area contributed by atoms with E-state index >= 15 is 0 Å². The van der Waals surface area contributed by atoms with Gasteiger partial charge >= 0.3 is 0 Å². The van der Waals surface area contributed by atoms with Crippen LogP contribution in [0.3, 0.4) is 0 Å². The van der Waals surface area contributed by atoms with E-state index in [0.29, 0.717) is 41.5 Å². The maximum absolute atomic E-state index is 13.5. The Hall–Kier alpha value is -3.24. The predicted octanol–water partition coefficient (Wildman–Crippen LogP) is 4.03. The lowest BCUT2D eigenvalue weighted by Crippen LogP contribution is -2.32. The molecule has 0 spiro atoms. The lowest BCUT2D eigenvalue weighted by molar-refractivity contribution is 0.0986. The number of sulfone groups is 1. The van der Waals surface area contributed by atoms with E-state index in [0.717, 1.165) is 4.70 Å². The molecule has 2 aromatic carbocycles. The van der Waals surface area contributed by atoms with Crippen molar-refractivity contribution in [3.63, 3.8) is 0 Å². The summed E-state index contributed by atoms with van der Waals surface area (Å²) in [5, 5.41) is 0.565. The molecule has 8 nitrogen and oxygen atoms in total. The van der Waals surface area contributed by atoms with Gasteiger partial charge in [-0.3, -0.25) is 9.69 Å². The number of thiazole rings is 1. The number of rotatable bonds is 9. The Bertz CT molecular complexity index is 1350. The molecule has 33 heavy (non-hydrogen) atoms. The van der Waals surface area contributed by atoms with Crippen LogP contribution < -0.4 is 9.64 Å². The third-order valence-electron chi connectivity index (χ3n) is 5.26. The number of imidazole rings is 1. The Balaban J connectivity index is 1.65. The van der Waals surface area contributed by atoms with Crippen molar-refractivity contribution in [3.05, 3.63) is 66.7 Å². The number of carbonyl (C=O) groups excluding carboxylic acids is 1. The summed E-state index contributed by atoms with van der Waals surface area (Å²) in [6, 6.07) is 11.8. The van der Waals surface area contributed by atoms with E-state index in [1.54, 1.807) is 43.6 Å². The van der Waals surface area contributed by atoms with Gasteiger partial charge in [-0.1, -0.05) is 24.3 Å². The third-order valence-corrected chi connectivity index (χ3v) is 8.06. The number of methoxy groups -OCH3 is 1. The van der Waals surface area contributed by atoms with Gasteiger partial charge in [-0.05, 0) is 42.8 Å². The summed E-state index contributed by atoms with van der Waals surface area (Å²) in [4.78, 5) is 24.1. The number of para-hydroxylation sites is 1. The highest BCUT2D eigenvalue weighted by Crippen LogP contribution is 2.34. The number of benzene rings is 2. The number of anilines is 1. The molecule has 0 aliphatic carbocycles. The summed E-state index contributed by atoms with van der Waals surface area (Å²) in [5.41, 5.74) is 1.11. The minimum atomic E-state index is -3.34. The number of aromatic nitrogens is 3. The highest BCUT2D eigenvalue weighted by molar-refractivity contribution is 7.91. The molecule has 172 valence electrons. The van der Waals surface area contributed by atoms with E-state index in [1.807, 2.05) is 29.0 Å². The normalized spacial score (nSPS) is 11.6. The number of hydrogen-bond donors (Lipinski definition) is 0. The van der Waals surface area contributed by atoms with E-state index in [2.05, 4.69) is 4.98 Å².